The van der Waals surface area contributed by atoms with E-state index in [1.165, 1.54) is 16.7 Å². The topological polar surface area (TPSA) is 172 Å². The Labute approximate surface area is 329 Å². The summed E-state index contributed by atoms with van der Waals surface area (Å²) >= 11 is 23.6. The average molecular weight is 1060 g/mol. The molecule has 15 nitrogen and oxygen atoms in total. The number of nitrogens with zero attached hydrogens (tertiary/aromatic N) is 9. The number of aliphatic hydroxyl groups excluding tert-OH is 2. The van der Waals surface area contributed by atoms with Crippen molar-refractivity contribution in [1.82, 2.24) is 29.3 Å². The molecule has 2 N–H and O–H groups in total. The molecular weight excluding hydrogens is 1030 g/mol. The smallest absolute Gasteiger partial charge is 0.278 e. The van der Waals surface area contributed by atoms with Crippen LogP contribution in [0.15, 0.2) is 50.0 Å². The molecule has 0 saturated heterocycles. The monoisotopic (exact) mass is 1060 g/mol. The summed E-state index contributed by atoms with van der Waals surface area (Å²) in [6.07, 6.45) is -2.15. The van der Waals surface area contributed by atoms with Gasteiger partial charge in [0, 0.05) is 56.1 Å². The van der Waals surface area contributed by atoms with E-state index in [1.54, 1.807) is 67.2 Å². The molecule has 6 rings (SSSR count). The zero-order chi connectivity index (χ0) is 36.1. The molecule has 21 heteroatoms. The molecule has 4 amide bonds. The number of aliphatic hydroxyl groups is 2. The normalized spacial score (nSPS) is 19.7. The van der Waals surface area contributed by atoms with E-state index < -0.39 is 30.2 Å². The van der Waals surface area contributed by atoms with E-state index in [9.17, 15) is 29.4 Å². The van der Waals surface area contributed by atoms with E-state index in [0.29, 0.717) is 28.6 Å². The van der Waals surface area contributed by atoms with Gasteiger partial charge in [0.25, 0.3) is 23.6 Å². The lowest BCUT2D eigenvalue weighted by molar-refractivity contribution is -0.120. The quantitative estimate of drug-likeness (QED) is 0.293. The molecule has 0 aromatic carbocycles. The van der Waals surface area contributed by atoms with Crippen molar-refractivity contribution < 1.29 is 29.4 Å². The predicted octanol–water partition coefficient (Wildman–Crippen LogP) is 3.82. The van der Waals surface area contributed by atoms with Crippen LogP contribution >= 0.6 is 103 Å². The van der Waals surface area contributed by atoms with Gasteiger partial charge in [0.2, 0.25) is 0 Å². The summed E-state index contributed by atoms with van der Waals surface area (Å²) in [7, 11) is 5.26. The lowest BCUT2D eigenvalue weighted by atomic mass is 10.3. The van der Waals surface area contributed by atoms with E-state index in [4.69, 9.17) is 34.8 Å². The summed E-state index contributed by atoms with van der Waals surface area (Å²) in [6.45, 7) is 4.73. The number of hydrogen-bond donors (Lipinski definition) is 2. The summed E-state index contributed by atoms with van der Waals surface area (Å²) in [5.74, 6) is -0.549. The third kappa shape index (κ3) is 7.21. The van der Waals surface area contributed by atoms with Crippen LogP contribution in [0, 0.1) is 11.1 Å². The second kappa shape index (κ2) is 15.0. The zero-order valence-electron chi connectivity index (χ0n) is 25.7. The van der Waals surface area contributed by atoms with Crippen LogP contribution in [-0.4, -0.2) is 75.6 Å². The second-order valence-electron chi connectivity index (χ2n) is 10.3. The van der Waals surface area contributed by atoms with Crippen molar-refractivity contribution in [3.8, 4) is 0 Å². The SMILES string of the molecule is CC1=C(Cl)C(=O)N(c2cc(I)n(C)n2)C1=O.CC1=C(Cl)C(=O)N(c2cc(I)n(C)n2)C1O.CC1=C(Cl)C(O)N(c2cc(I)n(C)n2)C1=O. The van der Waals surface area contributed by atoms with Gasteiger partial charge in [-0.25, -0.2) is 4.90 Å². The molecule has 256 valence electrons. The Bertz CT molecular complexity index is 1790. The Morgan fingerprint density at radius 2 is 1.02 bits per heavy atom. The van der Waals surface area contributed by atoms with Crippen LogP contribution in [0.4, 0.5) is 17.5 Å². The van der Waals surface area contributed by atoms with Crippen LogP contribution in [-0.2, 0) is 40.3 Å². The molecule has 3 aromatic heterocycles. The fraction of sp³-hybridized carbons (Fsp3) is 0.296. The number of halogens is 6. The van der Waals surface area contributed by atoms with Gasteiger partial charge in [-0.1, -0.05) is 34.8 Å². The highest BCUT2D eigenvalue weighted by atomic mass is 127. The number of imide groups is 1. The van der Waals surface area contributed by atoms with Gasteiger partial charge in [0.1, 0.15) is 21.2 Å². The second-order valence-corrected chi connectivity index (χ2v) is 14.8. The van der Waals surface area contributed by atoms with Crippen LogP contribution in [0.3, 0.4) is 0 Å². The van der Waals surface area contributed by atoms with Gasteiger partial charge in [-0.15, -0.1) is 0 Å². The molecule has 0 spiro atoms. The number of amides is 4. The fourth-order valence-corrected chi connectivity index (χ4v) is 6.00. The first-order chi connectivity index (χ1) is 22.3. The molecule has 0 radical (unpaired) electrons. The maximum atomic E-state index is 11.8. The first-order valence-corrected chi connectivity index (χ1v) is 17.8. The Hall–Kier alpha value is -2.09. The zero-order valence-corrected chi connectivity index (χ0v) is 34.4. The van der Waals surface area contributed by atoms with Crippen molar-refractivity contribution in [1.29, 1.82) is 0 Å². The summed E-state index contributed by atoms with van der Waals surface area (Å²) in [6, 6.07) is 5.08. The third-order valence-electron chi connectivity index (χ3n) is 7.15. The van der Waals surface area contributed by atoms with Gasteiger partial charge in [0.15, 0.2) is 29.9 Å². The minimum absolute atomic E-state index is 0.0364. The highest BCUT2D eigenvalue weighted by molar-refractivity contribution is 14.1. The number of rotatable bonds is 3. The molecule has 3 aliphatic rings. The highest BCUT2D eigenvalue weighted by Crippen LogP contribution is 2.33. The summed E-state index contributed by atoms with van der Waals surface area (Å²) in [5.41, 5.74) is 1.06. The number of aryl methyl sites for hydroxylation is 3. The van der Waals surface area contributed by atoms with Crippen molar-refractivity contribution >= 4 is 144 Å². The Balaban J connectivity index is 0.000000163. The Kier molecular flexibility index (Phi) is 12.1. The molecule has 0 aliphatic carbocycles. The van der Waals surface area contributed by atoms with Gasteiger partial charge in [0.05, 0.1) is 5.03 Å². The fourth-order valence-electron chi connectivity index (χ4n) is 4.31. The molecule has 2 atom stereocenters. The standard InChI is InChI=1S/2C9H9ClIN3O2.C9H7ClIN3O2/c3*1-4-7(10)9(16)14(8(4)15)6-3-5(11)13(2)12-6/h3,9,16H,1-2H3;3,8,15H,1-2H3;3H,1-2H3. The maximum Gasteiger partial charge on any atom is 0.278 e. The van der Waals surface area contributed by atoms with E-state index in [2.05, 4.69) is 83.1 Å². The number of anilines is 3. The molecular formula is C27H25Cl3I3N9O6. The molecule has 0 fully saturated rings. The summed E-state index contributed by atoms with van der Waals surface area (Å²) < 4.78 is 7.39. The van der Waals surface area contributed by atoms with Gasteiger partial charge < -0.3 is 10.2 Å². The van der Waals surface area contributed by atoms with E-state index >= 15 is 0 Å². The lowest BCUT2D eigenvalue weighted by Crippen LogP contribution is -2.35. The first-order valence-electron chi connectivity index (χ1n) is 13.4. The Morgan fingerprint density at radius 3 is 1.31 bits per heavy atom. The van der Waals surface area contributed by atoms with Crippen molar-refractivity contribution in [2.75, 3.05) is 14.7 Å². The summed E-state index contributed by atoms with van der Waals surface area (Å²) in [5, 5.41) is 32.2. The minimum atomic E-state index is -1.13. The van der Waals surface area contributed by atoms with Crippen molar-refractivity contribution in [3.05, 3.63) is 61.1 Å². The van der Waals surface area contributed by atoms with Crippen molar-refractivity contribution in [3.63, 3.8) is 0 Å². The van der Waals surface area contributed by atoms with Gasteiger partial charge in [-0.3, -0.25) is 43.0 Å². The molecule has 48 heavy (non-hydrogen) atoms. The van der Waals surface area contributed by atoms with E-state index in [1.807, 2.05) is 0 Å². The number of aromatic nitrogens is 6. The average Bonchev–Trinajstić information content (AvgIpc) is 3.79. The van der Waals surface area contributed by atoms with Crippen LogP contribution in [0.5, 0.6) is 0 Å². The third-order valence-corrected chi connectivity index (χ3v) is 11.6. The molecule has 0 saturated carbocycles. The molecule has 0 bridgehead atoms. The molecule has 2 unspecified atom stereocenters. The highest BCUT2D eigenvalue weighted by Gasteiger charge is 2.39. The molecule has 3 aromatic rings. The largest absolute Gasteiger partial charge is 0.369 e. The minimum Gasteiger partial charge on any atom is -0.369 e. The number of carbonyl (C=O) groups excluding carboxylic acids is 4. The number of hydrogen-bond acceptors (Lipinski definition) is 9. The van der Waals surface area contributed by atoms with Gasteiger partial charge in [-0.05, 0) is 88.5 Å². The first kappa shape index (κ1) is 38.7. The maximum absolute atomic E-state index is 11.8. The molecule has 6 heterocycles. The Morgan fingerprint density at radius 1 is 0.604 bits per heavy atom. The van der Waals surface area contributed by atoms with Crippen LogP contribution in [0.2, 0.25) is 0 Å². The predicted molar refractivity (Wildman–Crippen MR) is 203 cm³/mol. The van der Waals surface area contributed by atoms with Crippen LogP contribution in [0.25, 0.3) is 0 Å². The van der Waals surface area contributed by atoms with Gasteiger partial charge in [-0.2, -0.15) is 15.3 Å². The number of carbonyl (C=O) groups is 4. The van der Waals surface area contributed by atoms with E-state index in [-0.39, 0.29) is 26.6 Å². The lowest BCUT2D eigenvalue weighted by Gasteiger charge is -2.18. The molecule has 3 aliphatic heterocycles. The van der Waals surface area contributed by atoms with E-state index in [0.717, 1.165) is 16.0 Å². The summed E-state index contributed by atoms with van der Waals surface area (Å²) in [4.78, 5) is 50.4. The van der Waals surface area contributed by atoms with Crippen molar-refractivity contribution in [2.45, 2.75) is 33.2 Å². The van der Waals surface area contributed by atoms with Crippen LogP contribution in [0.1, 0.15) is 20.8 Å². The van der Waals surface area contributed by atoms with Gasteiger partial charge >= 0.3 is 0 Å². The van der Waals surface area contributed by atoms with Crippen LogP contribution < -0.4 is 14.7 Å². The van der Waals surface area contributed by atoms with Crippen molar-refractivity contribution in [2.24, 2.45) is 21.1 Å².